The van der Waals surface area contributed by atoms with Crippen LogP contribution in [0.3, 0.4) is 0 Å². The normalized spacial score (nSPS) is 10.7. The molecule has 0 radical (unpaired) electrons. The number of amides is 2. The third-order valence-corrected chi connectivity index (χ3v) is 4.76. The smallest absolute Gasteiger partial charge is 0.266 e. The molecule has 3 rings (SSSR count). The van der Waals surface area contributed by atoms with Crippen LogP contribution in [0.25, 0.3) is 6.08 Å². The molecular formula is C26H22FN3O4. The van der Waals surface area contributed by atoms with Gasteiger partial charge in [0.15, 0.2) is 18.1 Å². The van der Waals surface area contributed by atoms with Crippen LogP contribution in [0.5, 0.6) is 11.5 Å². The zero-order chi connectivity index (χ0) is 24.5. The lowest BCUT2D eigenvalue weighted by Gasteiger charge is -2.12. The van der Waals surface area contributed by atoms with E-state index < -0.39 is 17.6 Å². The van der Waals surface area contributed by atoms with Gasteiger partial charge in [0.1, 0.15) is 17.5 Å². The zero-order valence-electron chi connectivity index (χ0n) is 18.6. The van der Waals surface area contributed by atoms with Gasteiger partial charge in [0, 0.05) is 5.69 Å². The summed E-state index contributed by atoms with van der Waals surface area (Å²) in [4.78, 5) is 24.6. The molecule has 0 spiro atoms. The lowest BCUT2D eigenvalue weighted by Crippen LogP contribution is -2.21. The van der Waals surface area contributed by atoms with Crippen LogP contribution in [-0.2, 0) is 9.59 Å². The van der Waals surface area contributed by atoms with Crippen LogP contribution in [0.4, 0.5) is 15.8 Å². The molecule has 8 heteroatoms. The largest absolute Gasteiger partial charge is 0.493 e. The highest BCUT2D eigenvalue weighted by Gasteiger charge is 2.13. The Morgan fingerprint density at radius 1 is 1.00 bits per heavy atom. The molecule has 3 aromatic carbocycles. The maximum Gasteiger partial charge on any atom is 0.266 e. The van der Waals surface area contributed by atoms with Gasteiger partial charge >= 0.3 is 0 Å². The van der Waals surface area contributed by atoms with E-state index in [2.05, 4.69) is 10.6 Å². The Balaban J connectivity index is 1.69. The summed E-state index contributed by atoms with van der Waals surface area (Å²) >= 11 is 0. The predicted molar refractivity (Wildman–Crippen MR) is 127 cm³/mol. The van der Waals surface area contributed by atoms with Gasteiger partial charge in [0.2, 0.25) is 0 Å². The number of ether oxygens (including phenoxy) is 2. The number of hydrogen-bond acceptors (Lipinski definition) is 5. The second-order valence-electron chi connectivity index (χ2n) is 7.17. The van der Waals surface area contributed by atoms with Gasteiger partial charge in [-0.05, 0) is 54.5 Å². The van der Waals surface area contributed by atoms with E-state index in [0.29, 0.717) is 17.0 Å². The first kappa shape index (κ1) is 24.0. The quantitative estimate of drug-likeness (QED) is 0.376. The molecule has 0 unspecified atom stereocenters. The van der Waals surface area contributed by atoms with Crippen molar-refractivity contribution < 1.29 is 23.5 Å². The molecule has 0 aliphatic heterocycles. The summed E-state index contributed by atoms with van der Waals surface area (Å²) in [6.45, 7) is 1.48. The average Bonchev–Trinajstić information content (AvgIpc) is 2.84. The van der Waals surface area contributed by atoms with E-state index in [1.54, 1.807) is 36.4 Å². The molecular weight excluding hydrogens is 437 g/mol. The van der Waals surface area contributed by atoms with E-state index in [1.165, 1.54) is 31.4 Å². The Morgan fingerprint density at radius 3 is 2.38 bits per heavy atom. The van der Waals surface area contributed by atoms with Crippen molar-refractivity contribution in [2.75, 3.05) is 24.4 Å². The van der Waals surface area contributed by atoms with Crippen LogP contribution < -0.4 is 20.1 Å². The van der Waals surface area contributed by atoms with E-state index in [-0.39, 0.29) is 23.6 Å². The molecule has 0 saturated carbocycles. The van der Waals surface area contributed by atoms with Crippen LogP contribution in [-0.4, -0.2) is 25.5 Å². The summed E-state index contributed by atoms with van der Waals surface area (Å²) < 4.78 is 24.5. The zero-order valence-corrected chi connectivity index (χ0v) is 18.6. The van der Waals surface area contributed by atoms with Crippen molar-refractivity contribution in [1.82, 2.24) is 0 Å². The maximum atomic E-state index is 13.7. The van der Waals surface area contributed by atoms with Crippen molar-refractivity contribution in [3.8, 4) is 17.6 Å². The van der Waals surface area contributed by atoms with Gasteiger partial charge in [-0.25, -0.2) is 4.39 Å². The molecule has 0 heterocycles. The molecule has 0 saturated heterocycles. The standard InChI is InChI=1S/C26H22FN3O4/c1-17-7-3-5-9-21(17)30-26(32)19(15-28)13-18-11-12-23(24(14-18)33-2)34-16-25(31)29-22-10-6-4-8-20(22)27/h3-14H,16H2,1-2H3,(H,29,31)(H,30,32). The molecule has 0 bridgehead atoms. The van der Waals surface area contributed by atoms with Gasteiger partial charge in [-0.2, -0.15) is 5.26 Å². The van der Waals surface area contributed by atoms with E-state index in [1.807, 2.05) is 25.1 Å². The lowest BCUT2D eigenvalue weighted by molar-refractivity contribution is -0.118. The van der Waals surface area contributed by atoms with Gasteiger partial charge < -0.3 is 20.1 Å². The Kier molecular flexibility index (Phi) is 7.97. The number of nitriles is 1. The van der Waals surface area contributed by atoms with Crippen molar-refractivity contribution in [1.29, 1.82) is 5.26 Å². The lowest BCUT2D eigenvalue weighted by atomic mass is 10.1. The first-order valence-corrected chi connectivity index (χ1v) is 10.2. The highest BCUT2D eigenvalue weighted by Crippen LogP contribution is 2.29. The minimum absolute atomic E-state index is 0.0524. The van der Waals surface area contributed by atoms with E-state index >= 15 is 0 Å². The molecule has 2 N–H and O–H groups in total. The van der Waals surface area contributed by atoms with Crippen molar-refractivity contribution in [2.24, 2.45) is 0 Å². The summed E-state index contributed by atoms with van der Waals surface area (Å²) in [6.07, 6.45) is 1.42. The highest BCUT2D eigenvalue weighted by atomic mass is 19.1. The van der Waals surface area contributed by atoms with Gasteiger partial charge in [0.05, 0.1) is 12.8 Å². The number of hydrogen-bond donors (Lipinski definition) is 2. The monoisotopic (exact) mass is 459 g/mol. The summed E-state index contributed by atoms with van der Waals surface area (Å²) in [6, 6.07) is 19.7. The Bertz CT molecular complexity index is 1280. The predicted octanol–water partition coefficient (Wildman–Crippen LogP) is 4.71. The number of carbonyl (C=O) groups is 2. The third-order valence-electron chi connectivity index (χ3n) is 4.76. The number of benzene rings is 3. The molecule has 2 amide bonds. The fraction of sp³-hybridized carbons (Fsp3) is 0.115. The van der Waals surface area contributed by atoms with Crippen molar-refractivity contribution in [3.05, 3.63) is 89.2 Å². The summed E-state index contributed by atoms with van der Waals surface area (Å²) in [7, 11) is 1.42. The first-order chi connectivity index (χ1) is 16.4. The number of methoxy groups -OCH3 is 1. The Labute approximate surface area is 196 Å². The Hall–Kier alpha value is -4.64. The number of carbonyl (C=O) groups excluding carboxylic acids is 2. The number of para-hydroxylation sites is 2. The highest BCUT2D eigenvalue weighted by molar-refractivity contribution is 6.10. The summed E-state index contributed by atoms with van der Waals surface area (Å²) in [5.41, 5.74) is 1.97. The minimum atomic E-state index is -0.552. The number of halogens is 1. The first-order valence-electron chi connectivity index (χ1n) is 10.2. The van der Waals surface area contributed by atoms with Crippen LogP contribution in [0.2, 0.25) is 0 Å². The van der Waals surface area contributed by atoms with E-state index in [9.17, 15) is 19.2 Å². The third kappa shape index (κ3) is 6.20. The van der Waals surface area contributed by atoms with Gasteiger partial charge in [-0.3, -0.25) is 9.59 Å². The van der Waals surface area contributed by atoms with Crippen molar-refractivity contribution in [2.45, 2.75) is 6.92 Å². The Morgan fingerprint density at radius 2 is 1.71 bits per heavy atom. The van der Waals surface area contributed by atoms with Gasteiger partial charge in [-0.15, -0.1) is 0 Å². The molecule has 0 aliphatic rings. The van der Waals surface area contributed by atoms with Crippen LogP contribution in [0.15, 0.2) is 72.3 Å². The van der Waals surface area contributed by atoms with Crippen LogP contribution >= 0.6 is 0 Å². The van der Waals surface area contributed by atoms with Crippen LogP contribution in [0, 0.1) is 24.1 Å². The number of aryl methyl sites for hydroxylation is 1. The molecule has 3 aromatic rings. The SMILES string of the molecule is COc1cc(C=C(C#N)C(=O)Nc2ccccc2C)ccc1OCC(=O)Nc1ccccc1F. The second-order valence-corrected chi connectivity index (χ2v) is 7.17. The fourth-order valence-electron chi connectivity index (χ4n) is 3.00. The topological polar surface area (TPSA) is 100 Å². The molecule has 7 nitrogen and oxygen atoms in total. The second kappa shape index (κ2) is 11.3. The molecule has 0 aliphatic carbocycles. The number of anilines is 2. The fourth-order valence-corrected chi connectivity index (χ4v) is 3.00. The molecule has 0 atom stereocenters. The molecule has 0 fully saturated rings. The maximum absolute atomic E-state index is 13.7. The molecule has 172 valence electrons. The average molecular weight is 459 g/mol. The van der Waals surface area contributed by atoms with E-state index in [0.717, 1.165) is 5.56 Å². The number of nitrogens with one attached hydrogen (secondary N) is 2. The van der Waals surface area contributed by atoms with Gasteiger partial charge in [-0.1, -0.05) is 36.4 Å². The summed E-state index contributed by atoms with van der Waals surface area (Å²) in [5.74, 6) is -1.07. The van der Waals surface area contributed by atoms with E-state index in [4.69, 9.17) is 9.47 Å². The molecule has 0 aromatic heterocycles. The molecule has 34 heavy (non-hydrogen) atoms. The van der Waals surface area contributed by atoms with Gasteiger partial charge in [0.25, 0.3) is 11.8 Å². The van der Waals surface area contributed by atoms with Crippen LogP contribution in [0.1, 0.15) is 11.1 Å². The van der Waals surface area contributed by atoms with Crippen molar-refractivity contribution >= 4 is 29.3 Å². The number of rotatable bonds is 8. The van der Waals surface area contributed by atoms with Crippen molar-refractivity contribution in [3.63, 3.8) is 0 Å². The number of nitrogens with zero attached hydrogens (tertiary/aromatic N) is 1. The minimum Gasteiger partial charge on any atom is -0.493 e. The summed E-state index contributed by atoms with van der Waals surface area (Å²) in [5, 5.41) is 14.6.